The third-order valence-electron chi connectivity index (χ3n) is 5.01. The minimum atomic E-state index is -0.0109. The molecule has 2 aromatic rings. The summed E-state index contributed by atoms with van der Waals surface area (Å²) in [5.74, 6) is 0.196. The van der Waals surface area contributed by atoms with Gasteiger partial charge in [0.1, 0.15) is 0 Å². The number of ketones is 1. The van der Waals surface area contributed by atoms with Crippen LogP contribution in [0.4, 0.5) is 5.69 Å². The molecule has 138 valence electrons. The SMILES string of the molecule is Cc1ccc(C(=O)C2CCN(C(=O)CNc3ccc(C#N)cc3)CC2)cc1. The number of hydrogen-bond acceptors (Lipinski definition) is 4. The van der Waals surface area contributed by atoms with E-state index in [1.54, 1.807) is 24.3 Å². The molecular weight excluding hydrogens is 338 g/mol. The van der Waals surface area contributed by atoms with E-state index < -0.39 is 0 Å². The van der Waals surface area contributed by atoms with Crippen molar-refractivity contribution >= 4 is 17.4 Å². The molecule has 0 spiro atoms. The summed E-state index contributed by atoms with van der Waals surface area (Å²) >= 11 is 0. The Bertz CT molecular complexity index is 843. The molecule has 1 N–H and O–H groups in total. The number of piperidine rings is 1. The summed E-state index contributed by atoms with van der Waals surface area (Å²) in [6.07, 6.45) is 1.41. The molecule has 1 saturated heterocycles. The Labute approximate surface area is 159 Å². The summed E-state index contributed by atoms with van der Waals surface area (Å²) in [4.78, 5) is 26.8. The second kappa shape index (κ2) is 8.50. The van der Waals surface area contributed by atoms with Crippen molar-refractivity contribution in [1.29, 1.82) is 5.26 Å². The summed E-state index contributed by atoms with van der Waals surface area (Å²) in [5, 5.41) is 11.9. The Morgan fingerprint density at radius 2 is 1.70 bits per heavy atom. The van der Waals surface area contributed by atoms with Crippen LogP contribution in [0.1, 0.15) is 34.3 Å². The third-order valence-corrected chi connectivity index (χ3v) is 5.01. The van der Waals surface area contributed by atoms with Gasteiger partial charge in [0, 0.05) is 30.3 Å². The van der Waals surface area contributed by atoms with Crippen molar-refractivity contribution in [2.24, 2.45) is 5.92 Å². The van der Waals surface area contributed by atoms with Crippen molar-refractivity contribution in [3.05, 3.63) is 65.2 Å². The van der Waals surface area contributed by atoms with Gasteiger partial charge in [0.05, 0.1) is 18.2 Å². The Morgan fingerprint density at radius 3 is 2.30 bits per heavy atom. The molecule has 5 heteroatoms. The number of Topliss-reactive ketones (excluding diaryl/α,β-unsaturated/α-hetero) is 1. The van der Waals surface area contributed by atoms with Gasteiger partial charge >= 0.3 is 0 Å². The predicted molar refractivity (Wildman–Crippen MR) is 104 cm³/mol. The fourth-order valence-corrected chi connectivity index (χ4v) is 3.30. The Morgan fingerprint density at radius 1 is 1.07 bits per heavy atom. The molecule has 3 rings (SSSR count). The van der Waals surface area contributed by atoms with Crippen LogP contribution < -0.4 is 5.32 Å². The van der Waals surface area contributed by atoms with Gasteiger partial charge in [-0.2, -0.15) is 5.26 Å². The van der Waals surface area contributed by atoms with Crippen LogP contribution in [-0.4, -0.2) is 36.2 Å². The van der Waals surface area contributed by atoms with Gasteiger partial charge < -0.3 is 10.2 Å². The van der Waals surface area contributed by atoms with E-state index in [1.807, 2.05) is 36.1 Å². The molecular formula is C22H23N3O2. The number of amides is 1. The number of hydrogen-bond donors (Lipinski definition) is 1. The van der Waals surface area contributed by atoms with Gasteiger partial charge in [-0.15, -0.1) is 0 Å². The highest BCUT2D eigenvalue weighted by molar-refractivity contribution is 5.98. The molecule has 27 heavy (non-hydrogen) atoms. The first-order chi connectivity index (χ1) is 13.1. The van der Waals surface area contributed by atoms with Crippen LogP contribution in [0.25, 0.3) is 0 Å². The first-order valence-corrected chi connectivity index (χ1v) is 9.19. The number of carbonyl (C=O) groups is 2. The molecule has 0 atom stereocenters. The van der Waals surface area contributed by atoms with E-state index in [9.17, 15) is 9.59 Å². The molecule has 5 nitrogen and oxygen atoms in total. The quantitative estimate of drug-likeness (QED) is 0.829. The summed E-state index contributed by atoms with van der Waals surface area (Å²) in [6.45, 7) is 3.43. The van der Waals surface area contributed by atoms with E-state index in [-0.39, 0.29) is 24.2 Å². The minimum absolute atomic E-state index is 0.0109. The molecule has 2 aromatic carbocycles. The van der Waals surface area contributed by atoms with E-state index in [2.05, 4.69) is 11.4 Å². The average molecular weight is 361 g/mol. The van der Waals surface area contributed by atoms with Crippen LogP contribution in [0.2, 0.25) is 0 Å². The van der Waals surface area contributed by atoms with Gasteiger partial charge in [0.25, 0.3) is 0 Å². The maximum Gasteiger partial charge on any atom is 0.241 e. The molecule has 1 amide bonds. The van der Waals surface area contributed by atoms with Gasteiger partial charge in [0.15, 0.2) is 5.78 Å². The largest absolute Gasteiger partial charge is 0.376 e. The summed E-state index contributed by atoms with van der Waals surface area (Å²) in [7, 11) is 0. The number of nitriles is 1. The van der Waals surface area contributed by atoms with Crippen molar-refractivity contribution < 1.29 is 9.59 Å². The molecule has 0 bridgehead atoms. The normalized spacial score (nSPS) is 14.4. The summed E-state index contributed by atoms with van der Waals surface area (Å²) < 4.78 is 0. The molecule has 1 heterocycles. The molecule has 0 radical (unpaired) electrons. The van der Waals surface area contributed by atoms with Crippen molar-refractivity contribution in [2.75, 3.05) is 25.0 Å². The lowest BCUT2D eigenvalue weighted by atomic mass is 9.88. The van der Waals surface area contributed by atoms with Gasteiger partial charge in [-0.1, -0.05) is 29.8 Å². The smallest absolute Gasteiger partial charge is 0.241 e. The number of nitrogens with one attached hydrogen (secondary N) is 1. The molecule has 1 aliphatic heterocycles. The summed E-state index contributed by atoms with van der Waals surface area (Å²) in [5.41, 5.74) is 3.30. The third kappa shape index (κ3) is 4.73. The van der Waals surface area contributed by atoms with Crippen molar-refractivity contribution in [1.82, 2.24) is 4.90 Å². The zero-order valence-electron chi connectivity index (χ0n) is 15.4. The lowest BCUT2D eigenvalue weighted by molar-refractivity contribution is -0.130. The number of likely N-dealkylation sites (tertiary alicyclic amines) is 1. The molecule has 1 aliphatic rings. The highest BCUT2D eigenvalue weighted by Gasteiger charge is 2.27. The maximum absolute atomic E-state index is 12.6. The van der Waals surface area contributed by atoms with Crippen LogP contribution in [0.15, 0.2) is 48.5 Å². The fraction of sp³-hybridized carbons (Fsp3) is 0.318. The monoisotopic (exact) mass is 361 g/mol. The standard InChI is InChI=1S/C22H23N3O2/c1-16-2-6-18(7-3-16)22(27)19-10-12-25(13-11-19)21(26)15-24-20-8-4-17(14-23)5-9-20/h2-9,19,24H,10-13,15H2,1H3. The summed E-state index contributed by atoms with van der Waals surface area (Å²) in [6, 6.07) is 16.8. The average Bonchev–Trinajstić information content (AvgIpc) is 2.72. The minimum Gasteiger partial charge on any atom is -0.376 e. The van der Waals surface area contributed by atoms with Crippen LogP contribution in [0, 0.1) is 24.2 Å². The number of anilines is 1. The first kappa shape index (κ1) is 18.7. The van der Waals surface area contributed by atoms with Gasteiger partial charge in [-0.25, -0.2) is 0 Å². The molecule has 0 saturated carbocycles. The lowest BCUT2D eigenvalue weighted by Crippen LogP contribution is -2.42. The second-order valence-corrected chi connectivity index (χ2v) is 6.93. The fourth-order valence-electron chi connectivity index (χ4n) is 3.30. The van der Waals surface area contributed by atoms with E-state index in [4.69, 9.17) is 5.26 Å². The zero-order valence-corrected chi connectivity index (χ0v) is 15.4. The second-order valence-electron chi connectivity index (χ2n) is 6.93. The number of benzene rings is 2. The van der Waals surface area contributed by atoms with Crippen LogP contribution in [-0.2, 0) is 4.79 Å². The Balaban J connectivity index is 1.48. The van der Waals surface area contributed by atoms with Crippen LogP contribution in [0.3, 0.4) is 0 Å². The molecule has 0 aliphatic carbocycles. The molecule has 0 unspecified atom stereocenters. The Kier molecular flexibility index (Phi) is 5.87. The Hall–Kier alpha value is -3.13. The van der Waals surface area contributed by atoms with Gasteiger partial charge in [-0.05, 0) is 44.0 Å². The van der Waals surface area contributed by atoms with E-state index in [0.717, 1.165) is 16.8 Å². The number of aryl methyl sites for hydroxylation is 1. The molecule has 1 fully saturated rings. The number of nitrogens with zero attached hydrogens (tertiary/aromatic N) is 2. The predicted octanol–water partition coefficient (Wildman–Crippen LogP) is 3.40. The van der Waals surface area contributed by atoms with E-state index in [0.29, 0.717) is 31.5 Å². The van der Waals surface area contributed by atoms with Crippen LogP contribution in [0.5, 0.6) is 0 Å². The van der Waals surface area contributed by atoms with Crippen molar-refractivity contribution in [3.63, 3.8) is 0 Å². The topological polar surface area (TPSA) is 73.2 Å². The van der Waals surface area contributed by atoms with Crippen LogP contribution >= 0.6 is 0 Å². The first-order valence-electron chi connectivity index (χ1n) is 9.19. The van der Waals surface area contributed by atoms with Gasteiger partial charge in [0.2, 0.25) is 5.91 Å². The highest BCUT2D eigenvalue weighted by Crippen LogP contribution is 2.22. The zero-order chi connectivity index (χ0) is 19.2. The van der Waals surface area contributed by atoms with E-state index >= 15 is 0 Å². The van der Waals surface area contributed by atoms with E-state index in [1.165, 1.54) is 0 Å². The van der Waals surface area contributed by atoms with Crippen molar-refractivity contribution in [2.45, 2.75) is 19.8 Å². The highest BCUT2D eigenvalue weighted by atomic mass is 16.2. The number of rotatable bonds is 5. The van der Waals surface area contributed by atoms with Crippen molar-refractivity contribution in [3.8, 4) is 6.07 Å². The van der Waals surface area contributed by atoms with Gasteiger partial charge in [-0.3, -0.25) is 9.59 Å². The maximum atomic E-state index is 12.6. The number of carbonyl (C=O) groups excluding carboxylic acids is 2. The lowest BCUT2D eigenvalue weighted by Gasteiger charge is -2.31. The molecule has 0 aromatic heterocycles.